The lowest BCUT2D eigenvalue weighted by atomic mass is 9.49. The fourth-order valence-corrected chi connectivity index (χ4v) is 7.36. The van der Waals surface area contributed by atoms with E-state index in [0.29, 0.717) is 21.9 Å². The number of pyridine rings is 1. The molecule has 4 saturated carbocycles. The molecule has 4 fully saturated rings. The van der Waals surface area contributed by atoms with Crippen molar-refractivity contribution in [3.8, 4) is 11.1 Å². The number of nitrogens with zero attached hydrogens (tertiary/aromatic N) is 2. The fourth-order valence-electron chi connectivity index (χ4n) is 7.36. The topological polar surface area (TPSA) is 88.0 Å². The molecule has 0 amide bonds. The molecule has 6 heteroatoms. The summed E-state index contributed by atoms with van der Waals surface area (Å²) in [4.78, 5) is 26.6. The van der Waals surface area contributed by atoms with E-state index in [9.17, 15) is 14.7 Å². The third-order valence-electron chi connectivity index (χ3n) is 8.16. The van der Waals surface area contributed by atoms with Crippen molar-refractivity contribution in [2.45, 2.75) is 52.0 Å². The average Bonchev–Trinajstić information content (AvgIpc) is 3.05. The van der Waals surface area contributed by atoms with E-state index in [4.69, 9.17) is 5.10 Å². The number of rotatable bonds is 4. The van der Waals surface area contributed by atoms with E-state index < -0.39 is 5.97 Å². The third-order valence-corrected chi connectivity index (χ3v) is 8.16. The van der Waals surface area contributed by atoms with Crippen LogP contribution >= 0.6 is 0 Å². The molecule has 0 radical (unpaired) electrons. The normalized spacial score (nSPS) is 29.0. The second-order valence-electron chi connectivity index (χ2n) is 10.3. The van der Waals surface area contributed by atoms with Crippen molar-refractivity contribution in [1.82, 2.24) is 14.8 Å². The van der Waals surface area contributed by atoms with Gasteiger partial charge in [0.1, 0.15) is 0 Å². The van der Waals surface area contributed by atoms with Gasteiger partial charge in [0.2, 0.25) is 5.56 Å². The first-order valence-electron chi connectivity index (χ1n) is 11.3. The van der Waals surface area contributed by atoms with Crippen molar-refractivity contribution >= 4 is 16.9 Å². The molecule has 6 nitrogen and oxygen atoms in total. The Bertz CT molecular complexity index is 1230. The molecule has 7 rings (SSSR count). The number of hydrogen-bond acceptors (Lipinski definition) is 3. The van der Waals surface area contributed by atoms with Gasteiger partial charge in [-0.25, -0.2) is 4.79 Å². The maximum atomic E-state index is 12.2. The zero-order valence-electron chi connectivity index (χ0n) is 17.7. The van der Waals surface area contributed by atoms with Crippen LogP contribution in [0.1, 0.15) is 54.6 Å². The maximum Gasteiger partial charge on any atom is 0.337 e. The quantitative estimate of drug-likeness (QED) is 0.649. The standard InChI is InChI=1S/C25H27N3O3/c1-14-20(18-2-4-21-19(23(18)24(30)31)3-5-22(29)27-21)12-26-28(14)13-25-9-15-6-16(10-25)8-17(7-15)11-25/h2-5,12,15-17H,6-11,13H2,1H3,(H,27,29)(H,30,31). The highest BCUT2D eigenvalue weighted by Crippen LogP contribution is 2.60. The van der Waals surface area contributed by atoms with Crippen LogP contribution in [-0.4, -0.2) is 25.8 Å². The van der Waals surface area contributed by atoms with E-state index in [1.807, 2.05) is 13.1 Å². The molecule has 4 aliphatic carbocycles. The average molecular weight is 418 g/mol. The molecule has 0 unspecified atom stereocenters. The number of H-pyrrole nitrogens is 1. The van der Waals surface area contributed by atoms with Crippen LogP contribution in [0.15, 0.2) is 35.3 Å². The zero-order chi connectivity index (χ0) is 21.3. The minimum Gasteiger partial charge on any atom is -0.478 e. The van der Waals surface area contributed by atoms with Crippen LogP contribution in [0, 0.1) is 30.1 Å². The Kier molecular flexibility index (Phi) is 3.98. The summed E-state index contributed by atoms with van der Waals surface area (Å²) in [5.74, 6) is 1.68. The molecular weight excluding hydrogens is 390 g/mol. The molecule has 2 N–H and O–H groups in total. The molecule has 1 aromatic carbocycles. The van der Waals surface area contributed by atoms with Crippen molar-refractivity contribution in [1.29, 1.82) is 0 Å². The van der Waals surface area contributed by atoms with Crippen LogP contribution in [0.25, 0.3) is 22.0 Å². The molecule has 2 heterocycles. The van der Waals surface area contributed by atoms with Crippen molar-refractivity contribution < 1.29 is 9.90 Å². The van der Waals surface area contributed by atoms with Gasteiger partial charge in [-0.15, -0.1) is 0 Å². The largest absolute Gasteiger partial charge is 0.478 e. The lowest BCUT2D eigenvalue weighted by Crippen LogP contribution is -2.48. The highest BCUT2D eigenvalue weighted by Gasteiger charge is 2.51. The second kappa shape index (κ2) is 6.55. The maximum absolute atomic E-state index is 12.2. The van der Waals surface area contributed by atoms with Crippen molar-refractivity contribution in [2.75, 3.05) is 0 Å². The van der Waals surface area contributed by atoms with Crippen molar-refractivity contribution in [3.05, 3.63) is 52.1 Å². The van der Waals surface area contributed by atoms with Gasteiger partial charge in [0.25, 0.3) is 0 Å². The molecule has 0 spiro atoms. The predicted octanol–water partition coefficient (Wildman–Crippen LogP) is 4.61. The van der Waals surface area contributed by atoms with E-state index in [2.05, 4.69) is 9.67 Å². The molecule has 31 heavy (non-hydrogen) atoms. The summed E-state index contributed by atoms with van der Waals surface area (Å²) in [5, 5.41) is 15.3. The molecule has 2 aromatic heterocycles. The van der Waals surface area contributed by atoms with Gasteiger partial charge in [0.15, 0.2) is 0 Å². The van der Waals surface area contributed by atoms with Crippen LogP contribution in [-0.2, 0) is 6.54 Å². The van der Waals surface area contributed by atoms with Gasteiger partial charge in [0.05, 0.1) is 11.8 Å². The Morgan fingerprint density at radius 1 is 1.10 bits per heavy atom. The molecule has 160 valence electrons. The molecule has 4 bridgehead atoms. The summed E-state index contributed by atoms with van der Waals surface area (Å²) in [6, 6.07) is 6.55. The Morgan fingerprint density at radius 3 is 2.42 bits per heavy atom. The van der Waals surface area contributed by atoms with Gasteiger partial charge in [-0.05, 0) is 80.8 Å². The first kappa shape index (κ1) is 18.8. The summed E-state index contributed by atoms with van der Waals surface area (Å²) in [5.41, 5.74) is 3.40. The van der Waals surface area contributed by atoms with Crippen molar-refractivity contribution in [2.24, 2.45) is 23.2 Å². The van der Waals surface area contributed by atoms with Gasteiger partial charge in [-0.2, -0.15) is 5.10 Å². The minimum atomic E-state index is -0.999. The van der Waals surface area contributed by atoms with Crippen LogP contribution in [0.2, 0.25) is 0 Å². The number of aromatic carboxylic acids is 1. The highest BCUT2D eigenvalue weighted by molar-refractivity contribution is 6.08. The van der Waals surface area contributed by atoms with Crippen LogP contribution < -0.4 is 5.56 Å². The van der Waals surface area contributed by atoms with Gasteiger partial charge >= 0.3 is 5.97 Å². The Labute approximate surface area is 180 Å². The van der Waals surface area contributed by atoms with E-state index in [-0.39, 0.29) is 11.1 Å². The van der Waals surface area contributed by atoms with Gasteiger partial charge in [0, 0.05) is 40.3 Å². The Morgan fingerprint density at radius 2 is 1.77 bits per heavy atom. The lowest BCUT2D eigenvalue weighted by Gasteiger charge is -2.56. The molecule has 0 aliphatic heterocycles. The summed E-state index contributed by atoms with van der Waals surface area (Å²) in [6.45, 7) is 2.98. The smallest absolute Gasteiger partial charge is 0.337 e. The van der Waals surface area contributed by atoms with Gasteiger partial charge < -0.3 is 10.1 Å². The summed E-state index contributed by atoms with van der Waals surface area (Å²) < 4.78 is 2.12. The molecule has 3 aromatic rings. The lowest BCUT2D eigenvalue weighted by molar-refractivity contribution is -0.0638. The number of aromatic nitrogens is 3. The molecular formula is C25H27N3O3. The number of fused-ring (bicyclic) bond motifs is 1. The summed E-state index contributed by atoms with van der Waals surface area (Å²) in [7, 11) is 0. The SMILES string of the molecule is Cc1c(-c2ccc3[nH]c(=O)ccc3c2C(=O)O)cnn1CC12CC3CC(CC(C3)C1)C2. The Hall–Kier alpha value is -2.89. The number of carbonyl (C=O) groups is 1. The van der Waals surface area contributed by atoms with Crippen molar-refractivity contribution in [3.63, 3.8) is 0 Å². The zero-order valence-corrected chi connectivity index (χ0v) is 17.7. The molecule has 0 saturated heterocycles. The second-order valence-corrected chi connectivity index (χ2v) is 10.3. The highest BCUT2D eigenvalue weighted by atomic mass is 16.4. The fraction of sp³-hybridized carbons (Fsp3) is 0.480. The van der Waals surface area contributed by atoms with E-state index >= 15 is 0 Å². The molecule has 0 atom stereocenters. The number of hydrogen-bond donors (Lipinski definition) is 2. The van der Waals surface area contributed by atoms with Crippen LogP contribution in [0.4, 0.5) is 0 Å². The Balaban J connectivity index is 1.40. The van der Waals surface area contributed by atoms with Gasteiger partial charge in [-0.1, -0.05) is 6.07 Å². The predicted molar refractivity (Wildman–Crippen MR) is 118 cm³/mol. The van der Waals surface area contributed by atoms with E-state index in [1.54, 1.807) is 18.2 Å². The minimum absolute atomic E-state index is 0.214. The number of nitrogens with one attached hydrogen (secondary N) is 1. The number of aromatic amines is 1. The first-order valence-corrected chi connectivity index (χ1v) is 11.3. The number of benzene rings is 1. The monoisotopic (exact) mass is 417 g/mol. The summed E-state index contributed by atoms with van der Waals surface area (Å²) in [6.07, 6.45) is 10.0. The van der Waals surface area contributed by atoms with Gasteiger partial charge in [-0.3, -0.25) is 9.48 Å². The number of carboxylic acids is 1. The summed E-state index contributed by atoms with van der Waals surface area (Å²) >= 11 is 0. The van der Waals surface area contributed by atoms with E-state index in [0.717, 1.165) is 35.6 Å². The van der Waals surface area contributed by atoms with Crippen LogP contribution in [0.5, 0.6) is 0 Å². The van der Waals surface area contributed by atoms with Crippen LogP contribution in [0.3, 0.4) is 0 Å². The first-order chi connectivity index (χ1) is 14.9. The van der Waals surface area contributed by atoms with E-state index in [1.165, 1.54) is 44.6 Å². The molecule has 4 aliphatic rings. The number of carboxylic acid groups (broad SMARTS) is 1. The third kappa shape index (κ3) is 2.95.